The number of nitrogens with zero attached hydrogens (tertiary/aromatic N) is 1. The van der Waals surface area contributed by atoms with Crippen molar-refractivity contribution >= 4 is 11.9 Å². The second-order valence-corrected chi connectivity index (χ2v) is 3.93. The highest BCUT2D eigenvalue weighted by atomic mass is 16.5. The number of nitrogen functional groups attached to an aromatic ring is 1. The average molecular weight is 261 g/mol. The third-order valence-corrected chi connectivity index (χ3v) is 2.53. The van der Waals surface area contributed by atoms with Gasteiger partial charge in [0.2, 0.25) is 17.5 Å². The van der Waals surface area contributed by atoms with Crippen LogP contribution in [0.5, 0.6) is 0 Å². The quantitative estimate of drug-likeness (QED) is 0.497. The molecule has 0 atom stereocenters. The third kappa shape index (κ3) is 2.74. The van der Waals surface area contributed by atoms with Gasteiger partial charge in [-0.3, -0.25) is 5.43 Å². The number of hydrogen-bond donors (Lipinski definition) is 2. The maximum absolute atomic E-state index is 11.7. The van der Waals surface area contributed by atoms with E-state index in [1.165, 1.54) is 0 Å². The van der Waals surface area contributed by atoms with Gasteiger partial charge >= 0.3 is 5.97 Å². The fourth-order valence-corrected chi connectivity index (χ4v) is 1.58. The van der Waals surface area contributed by atoms with Gasteiger partial charge in [-0.05, 0) is 26.0 Å². The Morgan fingerprint density at radius 1 is 1.42 bits per heavy atom. The van der Waals surface area contributed by atoms with Crippen LogP contribution in [0.25, 0.3) is 11.5 Å². The molecule has 1 aromatic carbocycles. The number of carbonyl (C=O) groups is 1. The third-order valence-electron chi connectivity index (χ3n) is 2.53. The highest BCUT2D eigenvalue weighted by Crippen LogP contribution is 2.25. The number of nitrogens with one attached hydrogen (secondary N) is 1. The standard InChI is InChI=1S/C13H15N3O3/c1-3-18-13(17)10-12(16-14)19-11(15-10)9-6-4-8(2)5-7-9/h4-7,16H,3,14H2,1-2H3. The summed E-state index contributed by atoms with van der Waals surface area (Å²) in [4.78, 5) is 15.8. The summed E-state index contributed by atoms with van der Waals surface area (Å²) in [5.74, 6) is 5.14. The molecule has 0 saturated carbocycles. The van der Waals surface area contributed by atoms with Gasteiger partial charge in [-0.15, -0.1) is 0 Å². The van der Waals surface area contributed by atoms with E-state index in [0.29, 0.717) is 5.89 Å². The Morgan fingerprint density at radius 2 is 2.11 bits per heavy atom. The lowest BCUT2D eigenvalue weighted by Crippen LogP contribution is -2.12. The zero-order chi connectivity index (χ0) is 13.8. The average Bonchev–Trinajstić information content (AvgIpc) is 2.84. The van der Waals surface area contributed by atoms with E-state index >= 15 is 0 Å². The van der Waals surface area contributed by atoms with E-state index in [0.717, 1.165) is 11.1 Å². The van der Waals surface area contributed by atoms with Crippen molar-refractivity contribution in [3.63, 3.8) is 0 Å². The SMILES string of the molecule is CCOC(=O)c1nc(-c2ccc(C)cc2)oc1NN. The fraction of sp³-hybridized carbons (Fsp3) is 0.231. The van der Waals surface area contributed by atoms with Gasteiger partial charge < -0.3 is 9.15 Å². The number of hydrogen-bond acceptors (Lipinski definition) is 6. The molecule has 0 aliphatic heterocycles. The Labute approximate surface area is 110 Å². The van der Waals surface area contributed by atoms with Crippen molar-refractivity contribution in [1.82, 2.24) is 4.98 Å². The molecule has 0 amide bonds. The number of rotatable bonds is 4. The Bertz CT molecular complexity index is 575. The highest BCUT2D eigenvalue weighted by Gasteiger charge is 2.21. The molecule has 2 aromatic rings. The molecule has 0 aliphatic carbocycles. The molecule has 19 heavy (non-hydrogen) atoms. The maximum atomic E-state index is 11.7. The van der Waals surface area contributed by atoms with E-state index < -0.39 is 5.97 Å². The second kappa shape index (κ2) is 5.53. The van der Waals surface area contributed by atoms with E-state index in [4.69, 9.17) is 15.0 Å². The molecule has 3 N–H and O–H groups in total. The molecule has 2 rings (SSSR count). The molecule has 1 aromatic heterocycles. The first-order valence-electron chi connectivity index (χ1n) is 5.87. The van der Waals surface area contributed by atoms with Gasteiger partial charge in [0.05, 0.1) is 6.61 Å². The van der Waals surface area contributed by atoms with Gasteiger partial charge in [0, 0.05) is 5.56 Å². The van der Waals surface area contributed by atoms with E-state index in [1.54, 1.807) is 6.92 Å². The lowest BCUT2D eigenvalue weighted by atomic mass is 10.1. The monoisotopic (exact) mass is 261 g/mol. The summed E-state index contributed by atoms with van der Waals surface area (Å²) in [6.07, 6.45) is 0. The molecule has 0 saturated heterocycles. The van der Waals surface area contributed by atoms with Gasteiger partial charge in [0.25, 0.3) is 0 Å². The Kier molecular flexibility index (Phi) is 3.82. The van der Waals surface area contributed by atoms with Crippen LogP contribution in [0, 0.1) is 6.92 Å². The summed E-state index contributed by atoms with van der Waals surface area (Å²) in [6, 6.07) is 7.57. The number of hydrazine groups is 1. The summed E-state index contributed by atoms with van der Waals surface area (Å²) >= 11 is 0. The molecule has 1 heterocycles. The van der Waals surface area contributed by atoms with Crippen LogP contribution in [-0.2, 0) is 4.74 Å². The van der Waals surface area contributed by atoms with Crippen molar-refractivity contribution in [1.29, 1.82) is 0 Å². The molecule has 0 radical (unpaired) electrons. The number of aryl methyl sites for hydroxylation is 1. The van der Waals surface area contributed by atoms with E-state index in [1.807, 2.05) is 31.2 Å². The summed E-state index contributed by atoms with van der Waals surface area (Å²) < 4.78 is 10.3. The number of benzene rings is 1. The van der Waals surface area contributed by atoms with E-state index in [9.17, 15) is 4.79 Å². The molecule has 0 unspecified atom stereocenters. The topological polar surface area (TPSA) is 90.4 Å². The van der Waals surface area contributed by atoms with Crippen molar-refractivity contribution in [2.24, 2.45) is 5.84 Å². The maximum Gasteiger partial charge on any atom is 0.362 e. The Hall–Kier alpha value is -2.34. The summed E-state index contributed by atoms with van der Waals surface area (Å²) in [6.45, 7) is 3.96. The molecule has 0 spiro atoms. The first-order valence-corrected chi connectivity index (χ1v) is 5.87. The molecular weight excluding hydrogens is 246 g/mol. The zero-order valence-corrected chi connectivity index (χ0v) is 10.8. The minimum atomic E-state index is -0.572. The van der Waals surface area contributed by atoms with Crippen LogP contribution >= 0.6 is 0 Å². The number of carbonyl (C=O) groups excluding carboxylic acids is 1. The van der Waals surface area contributed by atoms with Gasteiger partial charge in [0.15, 0.2) is 0 Å². The van der Waals surface area contributed by atoms with Gasteiger partial charge in [-0.25, -0.2) is 10.6 Å². The van der Waals surface area contributed by atoms with Gasteiger partial charge in [-0.2, -0.15) is 4.98 Å². The van der Waals surface area contributed by atoms with Gasteiger partial charge in [-0.1, -0.05) is 17.7 Å². The van der Waals surface area contributed by atoms with Crippen LogP contribution in [0.3, 0.4) is 0 Å². The predicted octanol–water partition coefficient (Wildman–Crippen LogP) is 2.11. The molecule has 0 fully saturated rings. The molecular formula is C13H15N3O3. The minimum absolute atomic E-state index is 0.0416. The van der Waals surface area contributed by atoms with E-state index in [2.05, 4.69) is 10.4 Å². The Morgan fingerprint density at radius 3 is 2.68 bits per heavy atom. The zero-order valence-electron chi connectivity index (χ0n) is 10.8. The summed E-state index contributed by atoms with van der Waals surface area (Å²) in [5, 5.41) is 0. The van der Waals surface area contributed by atoms with Crippen molar-refractivity contribution in [3.8, 4) is 11.5 Å². The molecule has 100 valence electrons. The summed E-state index contributed by atoms with van der Waals surface area (Å²) in [5.41, 5.74) is 4.23. The number of nitrogens with two attached hydrogens (primary N) is 1. The van der Waals surface area contributed by atoms with Crippen molar-refractivity contribution < 1.29 is 13.9 Å². The first kappa shape index (κ1) is 13.1. The van der Waals surface area contributed by atoms with Crippen LogP contribution in [0.4, 0.5) is 5.88 Å². The normalized spacial score (nSPS) is 10.3. The van der Waals surface area contributed by atoms with Crippen LogP contribution < -0.4 is 11.3 Å². The second-order valence-electron chi connectivity index (χ2n) is 3.93. The molecule has 0 bridgehead atoms. The number of oxazole rings is 1. The van der Waals surface area contributed by atoms with Crippen molar-refractivity contribution in [2.45, 2.75) is 13.8 Å². The lowest BCUT2D eigenvalue weighted by Gasteiger charge is -1.98. The molecule has 6 heteroatoms. The molecule has 0 aliphatic rings. The van der Waals surface area contributed by atoms with Crippen LogP contribution in [0.2, 0.25) is 0 Å². The number of aromatic nitrogens is 1. The smallest absolute Gasteiger partial charge is 0.362 e. The summed E-state index contributed by atoms with van der Waals surface area (Å²) in [7, 11) is 0. The van der Waals surface area contributed by atoms with E-state index in [-0.39, 0.29) is 18.2 Å². The first-order chi connectivity index (χ1) is 9.15. The fourth-order valence-electron chi connectivity index (χ4n) is 1.58. The van der Waals surface area contributed by atoms with Gasteiger partial charge in [0.1, 0.15) is 0 Å². The van der Waals surface area contributed by atoms with Crippen molar-refractivity contribution in [3.05, 3.63) is 35.5 Å². The minimum Gasteiger partial charge on any atom is -0.461 e. The van der Waals surface area contributed by atoms with Crippen LogP contribution in [-0.4, -0.2) is 17.6 Å². The van der Waals surface area contributed by atoms with Crippen molar-refractivity contribution in [2.75, 3.05) is 12.0 Å². The van der Waals surface area contributed by atoms with Crippen LogP contribution in [0.1, 0.15) is 23.0 Å². The number of anilines is 1. The van der Waals surface area contributed by atoms with Crippen LogP contribution in [0.15, 0.2) is 28.7 Å². The number of esters is 1. The predicted molar refractivity (Wildman–Crippen MR) is 70.4 cm³/mol. The number of ether oxygens (including phenoxy) is 1. The largest absolute Gasteiger partial charge is 0.461 e. The lowest BCUT2D eigenvalue weighted by molar-refractivity contribution is 0.0521. The Balaban J connectivity index is 2.38. The molecule has 6 nitrogen and oxygen atoms in total. The highest BCUT2D eigenvalue weighted by molar-refractivity contribution is 5.92.